The SMILES string of the molecule is CCCCCCCCCCCCCCCCCCCCCCCCCCCCCCCCCCCCCC/C=C/C(CC(=O)OCCCCCCCC)C(=O)N(CCCCCCCC)CCCCCCCC. The summed E-state index contributed by atoms with van der Waals surface area (Å²) in [6.45, 7) is 11.2. The molecule has 0 aromatic heterocycles. The summed E-state index contributed by atoms with van der Waals surface area (Å²) in [5.41, 5.74) is 0. The van der Waals surface area contributed by atoms with Crippen molar-refractivity contribution in [1.29, 1.82) is 0 Å². The fourth-order valence-corrected chi connectivity index (χ4v) is 10.9. The molecule has 0 aromatic rings. The first-order chi connectivity index (χ1) is 35.6. The molecule has 0 saturated carbocycles. The first-order valence-corrected chi connectivity index (χ1v) is 33.7. The van der Waals surface area contributed by atoms with Crippen molar-refractivity contribution < 1.29 is 14.3 Å². The van der Waals surface area contributed by atoms with E-state index in [0.717, 1.165) is 45.2 Å². The highest BCUT2D eigenvalue weighted by molar-refractivity contribution is 5.85. The van der Waals surface area contributed by atoms with E-state index in [2.05, 4.69) is 44.7 Å². The minimum atomic E-state index is -0.407. The van der Waals surface area contributed by atoms with Crippen LogP contribution in [0.1, 0.15) is 387 Å². The van der Waals surface area contributed by atoms with E-state index < -0.39 is 5.92 Å². The minimum Gasteiger partial charge on any atom is -0.466 e. The highest BCUT2D eigenvalue weighted by atomic mass is 16.5. The van der Waals surface area contributed by atoms with E-state index in [4.69, 9.17) is 4.74 Å². The Morgan fingerprint density at radius 1 is 0.319 bits per heavy atom. The van der Waals surface area contributed by atoms with Crippen molar-refractivity contribution in [2.24, 2.45) is 5.92 Å². The van der Waals surface area contributed by atoms with Crippen LogP contribution in [0.25, 0.3) is 0 Å². The van der Waals surface area contributed by atoms with Gasteiger partial charge in [-0.2, -0.15) is 0 Å². The summed E-state index contributed by atoms with van der Waals surface area (Å²) in [5.74, 6) is -0.469. The van der Waals surface area contributed by atoms with E-state index in [1.807, 2.05) is 0 Å². The molecule has 1 atom stereocenters. The molecule has 72 heavy (non-hydrogen) atoms. The lowest BCUT2D eigenvalue weighted by Gasteiger charge is -2.26. The van der Waals surface area contributed by atoms with Gasteiger partial charge in [-0.25, -0.2) is 0 Å². The lowest BCUT2D eigenvalue weighted by molar-refractivity contribution is -0.148. The van der Waals surface area contributed by atoms with Gasteiger partial charge in [0.2, 0.25) is 5.91 Å². The van der Waals surface area contributed by atoms with Gasteiger partial charge in [0.05, 0.1) is 18.9 Å². The van der Waals surface area contributed by atoms with Crippen LogP contribution in [-0.4, -0.2) is 36.5 Å². The summed E-state index contributed by atoms with van der Waals surface area (Å²) in [6.07, 6.45) is 78.8. The monoisotopic (exact) mass is 1010 g/mol. The van der Waals surface area contributed by atoms with Crippen LogP contribution in [0.4, 0.5) is 0 Å². The van der Waals surface area contributed by atoms with Crippen molar-refractivity contribution in [3.8, 4) is 0 Å². The topological polar surface area (TPSA) is 46.6 Å². The number of rotatable bonds is 62. The Morgan fingerprint density at radius 3 is 0.833 bits per heavy atom. The van der Waals surface area contributed by atoms with Gasteiger partial charge in [-0.15, -0.1) is 0 Å². The van der Waals surface area contributed by atoms with E-state index >= 15 is 0 Å². The summed E-state index contributed by atoms with van der Waals surface area (Å²) in [7, 11) is 0. The molecular weight excluding hydrogens is 879 g/mol. The normalized spacial score (nSPS) is 12.1. The predicted octanol–water partition coefficient (Wildman–Crippen LogP) is 23.5. The Labute approximate surface area is 454 Å². The highest BCUT2D eigenvalue weighted by Crippen LogP contribution is 2.20. The molecule has 0 saturated heterocycles. The van der Waals surface area contributed by atoms with Crippen molar-refractivity contribution in [1.82, 2.24) is 4.90 Å². The molecule has 0 heterocycles. The van der Waals surface area contributed by atoms with Gasteiger partial charge in [-0.05, 0) is 32.1 Å². The van der Waals surface area contributed by atoms with Crippen molar-refractivity contribution in [3.63, 3.8) is 0 Å². The Bertz CT molecular complexity index is 1060. The standard InChI is InChI=1S/C68H133NO3/c1-5-9-13-17-21-22-23-24-25-26-27-28-29-30-31-32-33-34-35-36-37-38-39-40-41-42-43-44-45-46-47-48-49-50-51-52-53-57-61-66(65-67(70)72-64-60-56-20-16-12-8-4)68(71)69(62-58-54-18-14-10-6-2)63-59-55-19-15-11-7-3/h57,61,66H,5-56,58-60,62-65H2,1-4H3/b61-57+. The summed E-state index contributed by atoms with van der Waals surface area (Å²) < 4.78 is 5.72. The molecule has 0 aliphatic carbocycles. The van der Waals surface area contributed by atoms with E-state index in [0.29, 0.717) is 6.61 Å². The van der Waals surface area contributed by atoms with Gasteiger partial charge in [0, 0.05) is 13.1 Å². The summed E-state index contributed by atoms with van der Waals surface area (Å²) in [5, 5.41) is 0. The molecule has 4 heteroatoms. The number of ether oxygens (including phenoxy) is 1. The molecule has 0 bridgehead atoms. The average Bonchev–Trinajstić information content (AvgIpc) is 3.38. The van der Waals surface area contributed by atoms with Crippen LogP contribution in [-0.2, 0) is 14.3 Å². The zero-order chi connectivity index (χ0) is 52.2. The molecule has 0 radical (unpaired) electrons. The molecule has 1 amide bonds. The van der Waals surface area contributed by atoms with Gasteiger partial charge in [0.15, 0.2) is 0 Å². The van der Waals surface area contributed by atoms with Gasteiger partial charge >= 0.3 is 5.97 Å². The maximum absolute atomic E-state index is 14.2. The average molecular weight is 1010 g/mol. The van der Waals surface area contributed by atoms with Crippen LogP contribution >= 0.6 is 0 Å². The fraction of sp³-hybridized carbons (Fsp3) is 0.941. The number of amides is 1. The van der Waals surface area contributed by atoms with Crippen LogP contribution in [0.15, 0.2) is 12.2 Å². The van der Waals surface area contributed by atoms with Crippen LogP contribution in [0.2, 0.25) is 0 Å². The predicted molar refractivity (Wildman–Crippen MR) is 321 cm³/mol. The largest absolute Gasteiger partial charge is 0.466 e. The molecule has 0 aromatic carbocycles. The molecule has 0 aliphatic rings. The third kappa shape index (κ3) is 54.9. The van der Waals surface area contributed by atoms with Crippen LogP contribution in [0.3, 0.4) is 0 Å². The summed E-state index contributed by atoms with van der Waals surface area (Å²) in [6, 6.07) is 0. The molecule has 1 unspecified atom stereocenters. The molecule has 0 N–H and O–H groups in total. The van der Waals surface area contributed by atoms with Crippen molar-refractivity contribution in [3.05, 3.63) is 12.2 Å². The zero-order valence-corrected chi connectivity index (χ0v) is 50.1. The second-order valence-electron chi connectivity index (χ2n) is 23.3. The first-order valence-electron chi connectivity index (χ1n) is 33.7. The van der Waals surface area contributed by atoms with E-state index in [1.165, 1.54) is 321 Å². The van der Waals surface area contributed by atoms with Crippen LogP contribution < -0.4 is 0 Å². The number of hydrogen-bond acceptors (Lipinski definition) is 3. The summed E-state index contributed by atoms with van der Waals surface area (Å²) >= 11 is 0. The van der Waals surface area contributed by atoms with Crippen molar-refractivity contribution in [2.75, 3.05) is 19.7 Å². The minimum absolute atomic E-state index is 0.145. The van der Waals surface area contributed by atoms with E-state index in [9.17, 15) is 9.59 Å². The third-order valence-electron chi connectivity index (χ3n) is 15.9. The molecule has 0 aliphatic heterocycles. The van der Waals surface area contributed by atoms with Crippen LogP contribution in [0, 0.1) is 5.92 Å². The molecule has 0 spiro atoms. The maximum atomic E-state index is 14.2. The van der Waals surface area contributed by atoms with Gasteiger partial charge in [-0.3, -0.25) is 9.59 Å². The number of carbonyl (C=O) groups is 2. The zero-order valence-electron chi connectivity index (χ0n) is 50.1. The smallest absolute Gasteiger partial charge is 0.306 e. The first kappa shape index (κ1) is 70.7. The molecule has 0 rings (SSSR count). The Morgan fingerprint density at radius 2 is 0.556 bits per heavy atom. The van der Waals surface area contributed by atoms with Crippen LogP contribution in [0.5, 0.6) is 0 Å². The lowest BCUT2D eigenvalue weighted by atomic mass is 10.0. The number of carbonyl (C=O) groups excluding carboxylic acids is 2. The second kappa shape index (κ2) is 62.2. The van der Waals surface area contributed by atoms with Crippen molar-refractivity contribution in [2.45, 2.75) is 387 Å². The number of esters is 1. The molecule has 428 valence electrons. The third-order valence-corrected chi connectivity index (χ3v) is 15.9. The number of unbranched alkanes of at least 4 members (excludes halogenated alkanes) is 51. The lowest BCUT2D eigenvalue weighted by Crippen LogP contribution is -2.38. The van der Waals surface area contributed by atoms with Crippen molar-refractivity contribution >= 4 is 11.9 Å². The summed E-state index contributed by atoms with van der Waals surface area (Å²) in [4.78, 5) is 29.4. The number of hydrogen-bond donors (Lipinski definition) is 0. The number of nitrogens with zero attached hydrogens (tertiary/aromatic N) is 1. The quantitative estimate of drug-likeness (QED) is 0.0346. The highest BCUT2D eigenvalue weighted by Gasteiger charge is 2.25. The molecule has 0 fully saturated rings. The van der Waals surface area contributed by atoms with Gasteiger partial charge in [0.25, 0.3) is 0 Å². The Kier molecular flexibility index (Phi) is 61.1. The fourth-order valence-electron chi connectivity index (χ4n) is 10.9. The second-order valence-corrected chi connectivity index (χ2v) is 23.3. The molecular formula is C68H133NO3. The maximum Gasteiger partial charge on any atom is 0.306 e. The Balaban J connectivity index is 4.07. The molecule has 4 nitrogen and oxygen atoms in total. The van der Waals surface area contributed by atoms with Gasteiger partial charge in [-0.1, -0.05) is 361 Å². The van der Waals surface area contributed by atoms with E-state index in [1.54, 1.807) is 0 Å². The van der Waals surface area contributed by atoms with E-state index in [-0.39, 0.29) is 18.3 Å². The Hall–Kier alpha value is -1.32. The van der Waals surface area contributed by atoms with Gasteiger partial charge < -0.3 is 9.64 Å². The van der Waals surface area contributed by atoms with Gasteiger partial charge in [0.1, 0.15) is 0 Å². The number of allylic oxidation sites excluding steroid dienone is 1.